The van der Waals surface area contributed by atoms with Crippen LogP contribution in [-0.4, -0.2) is 35.6 Å². The lowest BCUT2D eigenvalue weighted by Gasteiger charge is -2.25. The summed E-state index contributed by atoms with van der Waals surface area (Å²) in [5.41, 5.74) is 1.90. The summed E-state index contributed by atoms with van der Waals surface area (Å²) in [5, 5.41) is 11.9. The normalized spacial score (nSPS) is 22.4. The number of benzene rings is 2. The predicted molar refractivity (Wildman–Crippen MR) is 101 cm³/mol. The molecule has 2 atom stereocenters. The fourth-order valence-corrected chi connectivity index (χ4v) is 4.26. The first-order chi connectivity index (χ1) is 13.0. The molecular weight excluding hydrogens is 371 g/mol. The van der Waals surface area contributed by atoms with Crippen LogP contribution in [0, 0.1) is 21.8 Å². The highest BCUT2D eigenvalue weighted by atomic mass is 35.5. The van der Waals surface area contributed by atoms with E-state index in [9.17, 15) is 14.5 Å². The Morgan fingerprint density at radius 2 is 1.96 bits per heavy atom. The summed E-state index contributed by atoms with van der Waals surface area (Å²) in [5.74, 6) is -0.518. The van der Waals surface area contributed by atoms with Crippen LogP contribution in [0.25, 0.3) is 5.03 Å². The third-order valence-corrected chi connectivity index (χ3v) is 5.62. The monoisotopic (exact) mass is 388 g/mol. The molecule has 2 aromatic carbocycles. The van der Waals surface area contributed by atoms with Crippen molar-refractivity contribution in [2.24, 2.45) is 5.92 Å². The van der Waals surface area contributed by atoms with Gasteiger partial charge >= 0.3 is 0 Å². The Morgan fingerprint density at radius 3 is 2.70 bits per heavy atom. The van der Waals surface area contributed by atoms with Crippen LogP contribution < -0.4 is 4.74 Å². The van der Waals surface area contributed by atoms with E-state index in [2.05, 4.69) is 0 Å². The summed E-state index contributed by atoms with van der Waals surface area (Å²) in [6, 6.07) is 13.5. The molecule has 0 N–H and O–H groups in total. The van der Waals surface area contributed by atoms with Gasteiger partial charge in [0.25, 0.3) is 0 Å². The first kappa shape index (κ1) is 17.9. The summed E-state index contributed by atoms with van der Waals surface area (Å²) in [7, 11) is 0. The van der Waals surface area contributed by atoms with Gasteiger partial charge in [0.15, 0.2) is 0 Å². The van der Waals surface area contributed by atoms with E-state index < -0.39 is 17.8 Å². The average Bonchev–Trinajstić information content (AvgIpc) is 3.07. The van der Waals surface area contributed by atoms with Gasteiger partial charge in [-0.3, -0.25) is 15.0 Å². The fourth-order valence-electron chi connectivity index (χ4n) is 3.88. The SMILES string of the molecule is O=[N+]([O-])[C@H]1CN(Cc2ccccc2)C[C@@H]1C1=C(Cl)c2c(F)cccc2OC1. The Kier molecular flexibility index (Phi) is 4.85. The van der Waals surface area contributed by atoms with Crippen LogP contribution in [0.1, 0.15) is 11.1 Å². The zero-order valence-electron chi connectivity index (χ0n) is 14.5. The molecule has 5 nitrogen and oxygen atoms in total. The number of fused-ring (bicyclic) bond motifs is 1. The minimum absolute atomic E-state index is 0.142. The highest BCUT2D eigenvalue weighted by Gasteiger charge is 2.45. The van der Waals surface area contributed by atoms with Gasteiger partial charge in [0.05, 0.1) is 23.1 Å². The maximum Gasteiger partial charge on any atom is 0.233 e. The molecule has 27 heavy (non-hydrogen) atoms. The molecule has 140 valence electrons. The van der Waals surface area contributed by atoms with E-state index in [0.717, 1.165) is 5.56 Å². The third kappa shape index (κ3) is 3.42. The van der Waals surface area contributed by atoms with E-state index >= 15 is 0 Å². The van der Waals surface area contributed by atoms with E-state index in [1.807, 2.05) is 35.2 Å². The molecule has 0 amide bonds. The standard InChI is InChI=1S/C20H18ClFN2O3/c21-20-15(12-27-18-8-4-7-16(22)19(18)20)14-10-23(11-17(14)24(25)26)9-13-5-2-1-3-6-13/h1-8,14,17H,9-12H2/t14-,17+/m1/s1. The molecule has 7 heteroatoms. The minimum Gasteiger partial charge on any atom is -0.488 e. The van der Waals surface area contributed by atoms with Crippen LogP contribution >= 0.6 is 11.6 Å². The van der Waals surface area contributed by atoms with Crippen LogP contribution in [0.3, 0.4) is 0 Å². The van der Waals surface area contributed by atoms with Crippen LogP contribution in [-0.2, 0) is 6.54 Å². The largest absolute Gasteiger partial charge is 0.488 e. The third-order valence-electron chi connectivity index (χ3n) is 5.19. The van der Waals surface area contributed by atoms with Gasteiger partial charge in [0, 0.05) is 18.0 Å². The van der Waals surface area contributed by atoms with Crippen LogP contribution in [0.4, 0.5) is 4.39 Å². The maximum atomic E-state index is 14.3. The number of halogens is 2. The summed E-state index contributed by atoms with van der Waals surface area (Å²) >= 11 is 6.49. The van der Waals surface area contributed by atoms with Crippen LogP contribution in [0.15, 0.2) is 54.1 Å². The lowest BCUT2D eigenvalue weighted by molar-refractivity contribution is -0.524. The van der Waals surface area contributed by atoms with Crippen molar-refractivity contribution < 1.29 is 14.1 Å². The molecule has 0 spiro atoms. The van der Waals surface area contributed by atoms with Crippen molar-refractivity contribution in [3.8, 4) is 5.75 Å². The summed E-state index contributed by atoms with van der Waals surface area (Å²) in [4.78, 5) is 13.5. The smallest absolute Gasteiger partial charge is 0.233 e. The van der Waals surface area contributed by atoms with Crippen molar-refractivity contribution in [2.45, 2.75) is 12.6 Å². The molecule has 2 heterocycles. The Balaban J connectivity index is 1.64. The van der Waals surface area contributed by atoms with Crippen molar-refractivity contribution in [1.29, 1.82) is 0 Å². The maximum absolute atomic E-state index is 14.3. The van der Waals surface area contributed by atoms with Crippen molar-refractivity contribution in [3.05, 3.63) is 81.2 Å². The number of ether oxygens (including phenoxy) is 1. The second-order valence-corrected chi connectivity index (χ2v) is 7.26. The second kappa shape index (κ2) is 7.29. The van der Waals surface area contributed by atoms with Crippen molar-refractivity contribution in [3.63, 3.8) is 0 Å². The molecule has 2 aromatic rings. The number of likely N-dealkylation sites (tertiary alicyclic amines) is 1. The summed E-state index contributed by atoms with van der Waals surface area (Å²) in [6.07, 6.45) is 0. The average molecular weight is 389 g/mol. The lowest BCUT2D eigenvalue weighted by atomic mass is 9.91. The van der Waals surface area contributed by atoms with E-state index in [0.29, 0.717) is 31.0 Å². The first-order valence-electron chi connectivity index (χ1n) is 8.74. The number of nitrogens with zero attached hydrogens (tertiary/aromatic N) is 2. The molecule has 1 fully saturated rings. The van der Waals surface area contributed by atoms with Gasteiger partial charge in [0.1, 0.15) is 18.2 Å². The fraction of sp³-hybridized carbons (Fsp3) is 0.300. The molecule has 0 unspecified atom stereocenters. The topological polar surface area (TPSA) is 55.6 Å². The van der Waals surface area contributed by atoms with E-state index in [4.69, 9.17) is 16.3 Å². The van der Waals surface area contributed by atoms with E-state index in [1.165, 1.54) is 6.07 Å². The predicted octanol–water partition coefficient (Wildman–Crippen LogP) is 3.95. The molecule has 0 aromatic heterocycles. The highest BCUT2D eigenvalue weighted by Crippen LogP contribution is 2.42. The molecule has 1 saturated heterocycles. The van der Waals surface area contributed by atoms with Crippen molar-refractivity contribution in [1.82, 2.24) is 4.90 Å². The van der Waals surface area contributed by atoms with Gasteiger partial charge in [-0.25, -0.2) is 4.39 Å². The number of hydrogen-bond donors (Lipinski definition) is 0. The molecule has 0 saturated carbocycles. The van der Waals surface area contributed by atoms with Gasteiger partial charge in [-0.2, -0.15) is 0 Å². The van der Waals surface area contributed by atoms with Gasteiger partial charge in [0.2, 0.25) is 6.04 Å². The van der Waals surface area contributed by atoms with Crippen LogP contribution in [0.2, 0.25) is 0 Å². The summed E-state index contributed by atoms with van der Waals surface area (Å²) in [6.45, 7) is 1.57. The Morgan fingerprint density at radius 1 is 1.19 bits per heavy atom. The van der Waals surface area contributed by atoms with Crippen LogP contribution in [0.5, 0.6) is 5.75 Å². The zero-order valence-corrected chi connectivity index (χ0v) is 15.2. The summed E-state index contributed by atoms with van der Waals surface area (Å²) < 4.78 is 19.9. The highest BCUT2D eigenvalue weighted by molar-refractivity contribution is 6.49. The molecule has 0 bridgehead atoms. The van der Waals surface area contributed by atoms with Crippen molar-refractivity contribution in [2.75, 3.05) is 19.7 Å². The zero-order chi connectivity index (χ0) is 19.0. The molecular formula is C20H18ClFN2O3. The Labute approximate surface area is 161 Å². The number of hydrogen-bond acceptors (Lipinski definition) is 4. The van der Waals surface area contributed by atoms with Crippen molar-refractivity contribution >= 4 is 16.6 Å². The molecule has 4 rings (SSSR count). The van der Waals surface area contributed by atoms with E-state index in [-0.39, 0.29) is 22.1 Å². The number of nitro groups is 1. The molecule has 0 aliphatic carbocycles. The molecule has 0 radical (unpaired) electrons. The van der Waals surface area contributed by atoms with Gasteiger partial charge < -0.3 is 4.74 Å². The quantitative estimate of drug-likeness (QED) is 0.588. The second-order valence-electron chi connectivity index (χ2n) is 6.88. The molecule has 2 aliphatic heterocycles. The minimum atomic E-state index is -0.797. The Hall–Kier alpha value is -2.44. The van der Waals surface area contributed by atoms with Gasteiger partial charge in [-0.05, 0) is 23.3 Å². The lowest BCUT2D eigenvalue weighted by Crippen LogP contribution is -2.32. The van der Waals surface area contributed by atoms with E-state index in [1.54, 1.807) is 12.1 Å². The van der Waals surface area contributed by atoms with Gasteiger partial charge in [-0.1, -0.05) is 48.0 Å². The first-order valence-corrected chi connectivity index (χ1v) is 9.12. The molecule has 2 aliphatic rings. The Bertz CT molecular complexity index is 903. The number of rotatable bonds is 4. The van der Waals surface area contributed by atoms with Gasteiger partial charge in [-0.15, -0.1) is 0 Å².